The fourth-order valence-electron chi connectivity index (χ4n) is 1.97. The van der Waals surface area contributed by atoms with Crippen LogP contribution in [-0.4, -0.2) is 21.3 Å². The first-order valence-electron chi connectivity index (χ1n) is 6.52. The van der Waals surface area contributed by atoms with Crippen LogP contribution in [-0.2, 0) is 13.0 Å². The Morgan fingerprint density at radius 1 is 1.26 bits per heavy atom. The maximum Gasteiger partial charge on any atom is 0.108 e. The van der Waals surface area contributed by atoms with Crippen molar-refractivity contribution >= 4 is 0 Å². The monoisotopic (exact) mass is 254 g/mol. The maximum absolute atomic E-state index is 8.65. The van der Waals surface area contributed by atoms with Crippen LogP contribution in [0, 0.1) is 11.8 Å². The summed E-state index contributed by atoms with van der Waals surface area (Å²) in [6.07, 6.45) is 5.98. The van der Waals surface area contributed by atoms with Gasteiger partial charge in [-0.3, -0.25) is 0 Å². The lowest BCUT2D eigenvalue weighted by molar-refractivity contribution is 0.350. The molecule has 0 fully saturated rings. The molecule has 1 aromatic carbocycles. The molecular weight excluding hydrogens is 236 g/mol. The highest BCUT2D eigenvalue weighted by molar-refractivity contribution is 5.36. The maximum atomic E-state index is 8.65. The molecule has 19 heavy (non-hydrogen) atoms. The van der Waals surface area contributed by atoms with Crippen LogP contribution in [0.3, 0.4) is 0 Å². The molecule has 2 rings (SSSR count). The Bertz CT molecular complexity index is 573. The van der Waals surface area contributed by atoms with Crippen LogP contribution in [0.4, 0.5) is 0 Å². The fourth-order valence-corrected chi connectivity index (χ4v) is 1.97. The first-order chi connectivity index (χ1) is 9.33. The van der Waals surface area contributed by atoms with Crippen molar-refractivity contribution in [2.45, 2.75) is 26.3 Å². The molecular formula is C16H18N2O. The van der Waals surface area contributed by atoms with E-state index in [1.165, 1.54) is 5.56 Å². The molecule has 3 nitrogen and oxygen atoms in total. The Hall–Kier alpha value is -2.05. The molecule has 1 N–H and O–H groups in total. The van der Waals surface area contributed by atoms with Gasteiger partial charge in [-0.1, -0.05) is 30.9 Å². The molecule has 1 heterocycles. The van der Waals surface area contributed by atoms with Gasteiger partial charge in [0.05, 0.1) is 0 Å². The summed E-state index contributed by atoms with van der Waals surface area (Å²) in [5.41, 5.74) is 2.15. The Kier molecular flexibility index (Phi) is 4.77. The number of hydrogen-bond donors (Lipinski definition) is 1. The lowest BCUT2D eigenvalue weighted by Gasteiger charge is -2.07. The van der Waals surface area contributed by atoms with Crippen LogP contribution in [0.15, 0.2) is 36.7 Å². The molecule has 0 spiro atoms. The van der Waals surface area contributed by atoms with Gasteiger partial charge in [0.25, 0.3) is 0 Å². The first-order valence-corrected chi connectivity index (χ1v) is 6.52. The highest BCUT2D eigenvalue weighted by Crippen LogP contribution is 2.08. The molecule has 0 amide bonds. The summed E-state index contributed by atoms with van der Waals surface area (Å²) >= 11 is 0. The van der Waals surface area contributed by atoms with Crippen molar-refractivity contribution in [2.75, 3.05) is 6.61 Å². The standard InChI is InChI=1S/C16H18N2O/c1-2-4-16-17-10-11-18(16)13-15-8-6-14(7-9-15)5-3-12-19/h6-11,19H,2,4,12-13H2,1H3. The number of benzene rings is 1. The fraction of sp³-hybridized carbons (Fsp3) is 0.312. The predicted molar refractivity (Wildman–Crippen MR) is 75.7 cm³/mol. The van der Waals surface area contributed by atoms with Crippen LogP contribution in [0.2, 0.25) is 0 Å². The van der Waals surface area contributed by atoms with E-state index in [0.717, 1.165) is 30.8 Å². The average Bonchev–Trinajstić information content (AvgIpc) is 2.86. The van der Waals surface area contributed by atoms with Crippen molar-refractivity contribution in [2.24, 2.45) is 0 Å². The van der Waals surface area contributed by atoms with Gasteiger partial charge in [0.2, 0.25) is 0 Å². The average molecular weight is 254 g/mol. The van der Waals surface area contributed by atoms with E-state index >= 15 is 0 Å². The van der Waals surface area contributed by atoms with Gasteiger partial charge in [0.15, 0.2) is 0 Å². The van der Waals surface area contributed by atoms with Crippen LogP contribution >= 0.6 is 0 Å². The van der Waals surface area contributed by atoms with E-state index in [-0.39, 0.29) is 6.61 Å². The largest absolute Gasteiger partial charge is 0.384 e. The second-order valence-corrected chi connectivity index (χ2v) is 4.38. The summed E-state index contributed by atoms with van der Waals surface area (Å²) in [7, 11) is 0. The number of rotatable bonds is 4. The highest BCUT2D eigenvalue weighted by Gasteiger charge is 2.02. The van der Waals surface area contributed by atoms with Crippen molar-refractivity contribution in [3.05, 3.63) is 53.6 Å². The highest BCUT2D eigenvalue weighted by atomic mass is 16.2. The van der Waals surface area contributed by atoms with Crippen LogP contribution in [0.1, 0.15) is 30.3 Å². The van der Waals surface area contributed by atoms with E-state index in [9.17, 15) is 0 Å². The molecule has 3 heteroatoms. The molecule has 98 valence electrons. The quantitative estimate of drug-likeness (QED) is 0.850. The topological polar surface area (TPSA) is 38.0 Å². The molecule has 0 atom stereocenters. The summed E-state index contributed by atoms with van der Waals surface area (Å²) in [4.78, 5) is 4.37. The Morgan fingerprint density at radius 3 is 2.74 bits per heavy atom. The van der Waals surface area contributed by atoms with E-state index in [0.29, 0.717) is 0 Å². The molecule has 0 radical (unpaired) electrons. The van der Waals surface area contributed by atoms with Gasteiger partial charge in [-0.05, 0) is 24.1 Å². The number of aliphatic hydroxyl groups excluding tert-OH is 1. The zero-order chi connectivity index (χ0) is 13.5. The van der Waals surface area contributed by atoms with E-state index in [4.69, 9.17) is 5.11 Å². The number of aromatic nitrogens is 2. The molecule has 0 aliphatic carbocycles. The normalized spacial score (nSPS) is 10.0. The lowest BCUT2D eigenvalue weighted by Crippen LogP contribution is -2.04. The van der Waals surface area contributed by atoms with E-state index < -0.39 is 0 Å². The molecule has 0 saturated carbocycles. The van der Waals surface area contributed by atoms with E-state index in [1.807, 2.05) is 24.5 Å². The van der Waals surface area contributed by atoms with Crippen molar-refractivity contribution in [3.8, 4) is 11.8 Å². The minimum absolute atomic E-state index is 0.100. The van der Waals surface area contributed by atoms with Crippen LogP contribution < -0.4 is 0 Å². The third-order valence-corrected chi connectivity index (χ3v) is 2.89. The minimum atomic E-state index is -0.100. The third kappa shape index (κ3) is 3.70. The van der Waals surface area contributed by atoms with Gasteiger partial charge in [0, 0.05) is 30.9 Å². The first kappa shape index (κ1) is 13.4. The van der Waals surface area contributed by atoms with E-state index in [1.54, 1.807) is 0 Å². The molecule has 2 aromatic rings. The summed E-state index contributed by atoms with van der Waals surface area (Å²) in [6.45, 7) is 2.90. The van der Waals surface area contributed by atoms with Gasteiger partial charge in [-0.15, -0.1) is 0 Å². The number of imidazole rings is 1. The Morgan fingerprint density at radius 2 is 2.05 bits per heavy atom. The van der Waals surface area contributed by atoms with Gasteiger partial charge in [-0.25, -0.2) is 4.98 Å². The SMILES string of the molecule is CCCc1nccn1Cc1ccc(C#CCO)cc1. The second kappa shape index (κ2) is 6.77. The zero-order valence-electron chi connectivity index (χ0n) is 11.1. The van der Waals surface area contributed by atoms with Gasteiger partial charge >= 0.3 is 0 Å². The van der Waals surface area contributed by atoms with Crippen molar-refractivity contribution < 1.29 is 5.11 Å². The summed E-state index contributed by atoms with van der Waals surface area (Å²) in [6, 6.07) is 8.09. The number of nitrogens with zero attached hydrogens (tertiary/aromatic N) is 2. The molecule has 0 bridgehead atoms. The molecule has 1 aromatic heterocycles. The van der Waals surface area contributed by atoms with Gasteiger partial charge in [-0.2, -0.15) is 0 Å². The number of aryl methyl sites for hydroxylation is 1. The molecule has 0 aliphatic heterocycles. The smallest absolute Gasteiger partial charge is 0.108 e. The molecule has 0 aliphatic rings. The lowest BCUT2D eigenvalue weighted by atomic mass is 10.1. The van der Waals surface area contributed by atoms with Crippen LogP contribution in [0.25, 0.3) is 0 Å². The van der Waals surface area contributed by atoms with Crippen molar-refractivity contribution in [1.29, 1.82) is 0 Å². The summed E-state index contributed by atoms with van der Waals surface area (Å²) < 4.78 is 2.18. The Balaban J connectivity index is 2.08. The van der Waals surface area contributed by atoms with Crippen molar-refractivity contribution in [1.82, 2.24) is 9.55 Å². The predicted octanol–water partition coefficient (Wildman–Crippen LogP) is 2.23. The van der Waals surface area contributed by atoms with Gasteiger partial charge < -0.3 is 9.67 Å². The number of hydrogen-bond acceptors (Lipinski definition) is 2. The van der Waals surface area contributed by atoms with E-state index in [2.05, 4.69) is 40.4 Å². The van der Waals surface area contributed by atoms with Crippen molar-refractivity contribution in [3.63, 3.8) is 0 Å². The second-order valence-electron chi connectivity index (χ2n) is 4.38. The summed E-state index contributed by atoms with van der Waals surface area (Å²) in [5, 5.41) is 8.65. The molecule has 0 unspecified atom stereocenters. The third-order valence-electron chi connectivity index (χ3n) is 2.89. The minimum Gasteiger partial charge on any atom is -0.384 e. The Labute approximate surface area is 113 Å². The van der Waals surface area contributed by atoms with Crippen LogP contribution in [0.5, 0.6) is 0 Å². The van der Waals surface area contributed by atoms with Gasteiger partial charge in [0.1, 0.15) is 12.4 Å². The molecule has 0 saturated heterocycles. The number of aliphatic hydroxyl groups is 1. The zero-order valence-corrected chi connectivity index (χ0v) is 11.1. The summed E-state index contributed by atoms with van der Waals surface area (Å²) in [5.74, 6) is 6.67.